The summed E-state index contributed by atoms with van der Waals surface area (Å²) in [5, 5.41) is 11.1. The Morgan fingerprint density at radius 2 is 1.69 bits per heavy atom. The van der Waals surface area contributed by atoms with Crippen LogP contribution in [0.25, 0.3) is 5.76 Å². The van der Waals surface area contributed by atoms with E-state index in [9.17, 15) is 27.9 Å². The van der Waals surface area contributed by atoms with Gasteiger partial charge in [0.1, 0.15) is 5.76 Å². The molecule has 150 valence electrons. The van der Waals surface area contributed by atoms with Gasteiger partial charge in [0.15, 0.2) is 0 Å². The first-order valence-corrected chi connectivity index (χ1v) is 8.85. The van der Waals surface area contributed by atoms with Crippen LogP contribution in [0.2, 0.25) is 5.02 Å². The van der Waals surface area contributed by atoms with Gasteiger partial charge in [0, 0.05) is 17.1 Å². The zero-order valence-electron chi connectivity index (χ0n) is 14.9. The van der Waals surface area contributed by atoms with Crippen molar-refractivity contribution in [1.29, 1.82) is 0 Å². The maximum Gasteiger partial charge on any atom is 0.416 e. The highest BCUT2D eigenvalue weighted by molar-refractivity contribution is 6.46. The highest BCUT2D eigenvalue weighted by atomic mass is 35.5. The number of amides is 1. The Morgan fingerprint density at radius 1 is 1.10 bits per heavy atom. The van der Waals surface area contributed by atoms with Crippen LogP contribution in [0, 0.1) is 0 Å². The van der Waals surface area contributed by atoms with Crippen LogP contribution < -0.4 is 0 Å². The molecule has 1 heterocycles. The molecule has 0 spiro atoms. The molecule has 2 aromatic carbocycles. The molecule has 0 saturated carbocycles. The molecule has 1 amide bonds. The molecule has 0 bridgehead atoms. The van der Waals surface area contributed by atoms with Crippen LogP contribution in [0.4, 0.5) is 13.2 Å². The summed E-state index contributed by atoms with van der Waals surface area (Å²) in [5.41, 5.74) is -0.559. The number of hydrogen-bond donors (Lipinski definition) is 1. The van der Waals surface area contributed by atoms with Gasteiger partial charge in [-0.1, -0.05) is 29.8 Å². The van der Waals surface area contributed by atoms with Gasteiger partial charge in [0.25, 0.3) is 11.7 Å². The number of benzene rings is 2. The average Bonchev–Trinajstić information content (AvgIpc) is 2.93. The van der Waals surface area contributed by atoms with Gasteiger partial charge in [-0.25, -0.2) is 0 Å². The lowest BCUT2D eigenvalue weighted by Crippen LogP contribution is -2.29. The molecule has 1 saturated heterocycles. The van der Waals surface area contributed by atoms with Crippen molar-refractivity contribution >= 4 is 29.1 Å². The van der Waals surface area contributed by atoms with E-state index >= 15 is 0 Å². The van der Waals surface area contributed by atoms with E-state index in [1.54, 1.807) is 0 Å². The number of carbonyl (C=O) groups excluding carboxylic acids is 2. The molecule has 1 N–H and O–H groups in total. The van der Waals surface area contributed by atoms with Crippen LogP contribution in [0.1, 0.15) is 22.7 Å². The minimum atomic E-state index is -4.52. The van der Waals surface area contributed by atoms with Crippen molar-refractivity contribution in [2.75, 3.05) is 6.54 Å². The smallest absolute Gasteiger partial charge is 0.416 e. The summed E-state index contributed by atoms with van der Waals surface area (Å²) in [6.45, 7) is 3.53. The predicted molar refractivity (Wildman–Crippen MR) is 102 cm³/mol. The van der Waals surface area contributed by atoms with Gasteiger partial charge < -0.3 is 10.0 Å². The van der Waals surface area contributed by atoms with Gasteiger partial charge >= 0.3 is 6.18 Å². The second kappa shape index (κ2) is 7.75. The van der Waals surface area contributed by atoms with Crippen LogP contribution in [0.5, 0.6) is 0 Å². The van der Waals surface area contributed by atoms with E-state index in [4.69, 9.17) is 11.6 Å². The average molecular weight is 422 g/mol. The third-order valence-electron chi connectivity index (χ3n) is 4.54. The molecule has 3 rings (SSSR count). The first kappa shape index (κ1) is 20.7. The quantitative estimate of drug-likeness (QED) is 0.328. The topological polar surface area (TPSA) is 57.6 Å². The largest absolute Gasteiger partial charge is 0.507 e. The molecule has 0 radical (unpaired) electrons. The molecule has 1 aliphatic heterocycles. The molecule has 0 aliphatic carbocycles. The van der Waals surface area contributed by atoms with Gasteiger partial charge in [-0.2, -0.15) is 13.2 Å². The number of hydrogen-bond acceptors (Lipinski definition) is 3. The molecular weight excluding hydrogens is 407 g/mol. The summed E-state index contributed by atoms with van der Waals surface area (Å²) in [7, 11) is 0. The Morgan fingerprint density at radius 3 is 2.21 bits per heavy atom. The number of nitrogens with zero attached hydrogens (tertiary/aromatic N) is 1. The minimum absolute atomic E-state index is 0.0202. The van der Waals surface area contributed by atoms with Crippen LogP contribution in [0.3, 0.4) is 0 Å². The Kier molecular flexibility index (Phi) is 5.53. The van der Waals surface area contributed by atoms with E-state index < -0.39 is 35.2 Å². The van der Waals surface area contributed by atoms with Crippen LogP contribution in [-0.4, -0.2) is 28.2 Å². The molecule has 1 aliphatic rings. The zero-order chi connectivity index (χ0) is 21.3. The zero-order valence-corrected chi connectivity index (χ0v) is 15.7. The number of ketones is 1. The lowest BCUT2D eigenvalue weighted by atomic mass is 9.94. The molecule has 4 nitrogen and oxygen atoms in total. The van der Waals surface area contributed by atoms with Crippen molar-refractivity contribution in [2.45, 2.75) is 12.2 Å². The van der Waals surface area contributed by atoms with Crippen LogP contribution in [-0.2, 0) is 15.8 Å². The maximum atomic E-state index is 12.9. The highest BCUT2D eigenvalue weighted by Gasteiger charge is 2.45. The number of aliphatic hydroxyl groups excluding tert-OH is 1. The van der Waals surface area contributed by atoms with E-state index in [-0.39, 0.29) is 23.2 Å². The van der Waals surface area contributed by atoms with Crippen LogP contribution >= 0.6 is 11.6 Å². The molecule has 1 fully saturated rings. The number of aliphatic hydroxyl groups is 1. The Labute approximate surface area is 169 Å². The number of likely N-dealkylation sites (tertiary alicyclic amines) is 1. The SMILES string of the molecule is C=CCN1C(=O)C(=O)C(=C(O)c2ccc(Cl)cc2)C1c1ccc(C(F)(F)F)cc1. The summed E-state index contributed by atoms with van der Waals surface area (Å²) in [4.78, 5) is 26.3. The van der Waals surface area contributed by atoms with Crippen LogP contribution in [0.15, 0.2) is 66.8 Å². The fourth-order valence-corrected chi connectivity index (χ4v) is 3.30. The number of alkyl halides is 3. The standard InChI is InChI=1S/C21H15ClF3NO3/c1-2-11-26-17(12-3-7-14(8-4-12)21(23,24)25)16(19(28)20(26)29)18(27)13-5-9-15(22)10-6-13/h2-10,17,27H,1,11H2. The fourth-order valence-electron chi connectivity index (χ4n) is 3.17. The third kappa shape index (κ3) is 3.91. The lowest BCUT2D eigenvalue weighted by molar-refractivity contribution is -0.139. The molecule has 29 heavy (non-hydrogen) atoms. The summed E-state index contributed by atoms with van der Waals surface area (Å²) in [6, 6.07) is 9.01. The maximum absolute atomic E-state index is 12.9. The lowest BCUT2D eigenvalue weighted by Gasteiger charge is -2.24. The molecule has 1 unspecified atom stereocenters. The Balaban J connectivity index is 2.16. The van der Waals surface area contributed by atoms with Crippen molar-refractivity contribution in [1.82, 2.24) is 4.90 Å². The summed E-state index contributed by atoms with van der Waals surface area (Å²) in [5.74, 6) is -2.23. The van der Waals surface area contributed by atoms with Gasteiger partial charge in [0.05, 0.1) is 17.2 Å². The van der Waals surface area contributed by atoms with E-state index in [1.165, 1.54) is 42.5 Å². The van der Waals surface area contributed by atoms with E-state index in [1.807, 2.05) is 0 Å². The first-order valence-electron chi connectivity index (χ1n) is 8.47. The summed E-state index contributed by atoms with van der Waals surface area (Å²) >= 11 is 5.84. The highest BCUT2D eigenvalue weighted by Crippen LogP contribution is 2.40. The molecule has 1 atom stereocenters. The second-order valence-corrected chi connectivity index (χ2v) is 6.80. The fraction of sp³-hybridized carbons (Fsp3) is 0.143. The van der Waals surface area contributed by atoms with Gasteiger partial charge in [0.2, 0.25) is 0 Å². The number of Topliss-reactive ketones (excluding diaryl/α,β-unsaturated/α-hetero) is 1. The second-order valence-electron chi connectivity index (χ2n) is 6.37. The third-order valence-corrected chi connectivity index (χ3v) is 4.79. The molecule has 8 heteroatoms. The normalized spacial score (nSPS) is 18.9. The molecule has 0 aromatic heterocycles. The van der Waals surface area contributed by atoms with Crippen molar-refractivity contribution in [3.63, 3.8) is 0 Å². The van der Waals surface area contributed by atoms with E-state index in [0.717, 1.165) is 17.0 Å². The van der Waals surface area contributed by atoms with Gasteiger partial charge in [-0.15, -0.1) is 6.58 Å². The van der Waals surface area contributed by atoms with E-state index in [0.29, 0.717) is 5.02 Å². The van der Waals surface area contributed by atoms with Crippen molar-refractivity contribution < 1.29 is 27.9 Å². The van der Waals surface area contributed by atoms with Crippen molar-refractivity contribution in [2.24, 2.45) is 0 Å². The summed E-state index contributed by atoms with van der Waals surface area (Å²) in [6.07, 6.45) is -3.13. The van der Waals surface area contributed by atoms with Gasteiger partial charge in [-0.05, 0) is 42.0 Å². The Hall–Kier alpha value is -3.06. The summed E-state index contributed by atoms with van der Waals surface area (Å²) < 4.78 is 38.7. The first-order chi connectivity index (χ1) is 13.6. The van der Waals surface area contributed by atoms with Crippen molar-refractivity contribution in [3.05, 3.63) is 88.5 Å². The molecular formula is C21H15ClF3NO3. The Bertz CT molecular complexity index is 995. The predicted octanol–water partition coefficient (Wildman–Crippen LogP) is 4.97. The van der Waals surface area contributed by atoms with E-state index in [2.05, 4.69) is 6.58 Å². The number of rotatable bonds is 4. The minimum Gasteiger partial charge on any atom is -0.507 e. The number of carbonyl (C=O) groups is 2. The van der Waals surface area contributed by atoms with Gasteiger partial charge in [-0.3, -0.25) is 9.59 Å². The van der Waals surface area contributed by atoms with Crippen molar-refractivity contribution in [3.8, 4) is 0 Å². The number of halogens is 4. The monoisotopic (exact) mass is 421 g/mol. The molecule has 2 aromatic rings.